The van der Waals surface area contributed by atoms with Gasteiger partial charge in [0.15, 0.2) is 27.1 Å². The van der Waals surface area contributed by atoms with Crippen LogP contribution < -0.4 is 10.6 Å². The summed E-state index contributed by atoms with van der Waals surface area (Å²) in [6.07, 6.45) is 4.25. The fraction of sp³-hybridized carbons (Fsp3) is 0.500. The number of nitrogens with one attached hydrogen (secondary N) is 2. The van der Waals surface area contributed by atoms with Gasteiger partial charge in [-0.1, -0.05) is 7.43 Å². The Morgan fingerprint density at radius 3 is 2.34 bits per heavy atom. The lowest BCUT2D eigenvalue weighted by atomic mass is 9.93. The van der Waals surface area contributed by atoms with Crippen molar-refractivity contribution in [1.82, 2.24) is 19.5 Å². The zero-order chi connectivity index (χ0) is 24.0. The van der Waals surface area contributed by atoms with Crippen molar-refractivity contribution in [2.24, 2.45) is 0 Å². The van der Waals surface area contributed by atoms with Crippen molar-refractivity contribution in [3.63, 3.8) is 0 Å². The van der Waals surface area contributed by atoms with Crippen molar-refractivity contribution in [2.75, 3.05) is 22.1 Å². The molecule has 3 heterocycles. The number of imidazole rings is 1. The second-order valence-corrected chi connectivity index (χ2v) is 11.0. The number of hydrogen-bond acceptors (Lipinski definition) is 8. The minimum Gasteiger partial charge on any atom is -0.393 e. The first-order valence-corrected chi connectivity index (χ1v) is 12.8. The van der Waals surface area contributed by atoms with E-state index in [2.05, 4.69) is 25.6 Å². The van der Waals surface area contributed by atoms with E-state index in [-0.39, 0.29) is 43.4 Å². The van der Waals surface area contributed by atoms with E-state index >= 15 is 0 Å². The molecule has 5 rings (SSSR count). The third-order valence-electron chi connectivity index (χ3n) is 6.28. The third kappa shape index (κ3) is 5.20. The summed E-state index contributed by atoms with van der Waals surface area (Å²) in [5, 5.41) is 15.5. The molecule has 0 radical (unpaired) electrons. The van der Waals surface area contributed by atoms with Crippen LogP contribution in [0, 0.1) is 17.5 Å². The summed E-state index contributed by atoms with van der Waals surface area (Å²) >= 11 is 0. The zero-order valence-electron chi connectivity index (χ0n) is 18.0. The van der Waals surface area contributed by atoms with Crippen molar-refractivity contribution in [2.45, 2.75) is 57.7 Å². The lowest BCUT2D eigenvalue weighted by molar-refractivity contribution is 0.126. The highest BCUT2D eigenvalue weighted by molar-refractivity contribution is 7.91. The SMILES string of the molecule is C.O=S1(=O)CC[C@@H](n2c(Nc3c(F)cc(F)cc3F)nc3cnc(NC4CCC(O)CC4)nc32)C1. The van der Waals surface area contributed by atoms with Crippen LogP contribution in [0.2, 0.25) is 0 Å². The van der Waals surface area contributed by atoms with Crippen LogP contribution in [0.5, 0.6) is 0 Å². The third-order valence-corrected chi connectivity index (χ3v) is 8.03. The molecule has 1 saturated carbocycles. The van der Waals surface area contributed by atoms with Gasteiger partial charge in [-0.3, -0.25) is 4.57 Å². The number of rotatable bonds is 5. The quantitative estimate of drug-likeness (QED) is 0.473. The minimum atomic E-state index is -3.30. The van der Waals surface area contributed by atoms with Crippen LogP contribution in [0.25, 0.3) is 11.2 Å². The van der Waals surface area contributed by atoms with E-state index in [0.29, 0.717) is 42.1 Å². The maximum absolute atomic E-state index is 14.3. The Morgan fingerprint density at radius 1 is 1.03 bits per heavy atom. The monoisotopic (exact) mass is 512 g/mol. The molecule has 1 aromatic carbocycles. The molecule has 2 fully saturated rings. The average Bonchev–Trinajstić information content (AvgIpc) is 3.30. The van der Waals surface area contributed by atoms with Gasteiger partial charge >= 0.3 is 0 Å². The summed E-state index contributed by atoms with van der Waals surface area (Å²) in [4.78, 5) is 13.2. The van der Waals surface area contributed by atoms with Gasteiger partial charge in [0.25, 0.3) is 0 Å². The van der Waals surface area contributed by atoms with Gasteiger partial charge in [-0.15, -0.1) is 0 Å². The Hall–Kier alpha value is -2.93. The molecule has 3 aromatic rings. The molecular formula is C22H27F3N6O3S. The van der Waals surface area contributed by atoms with E-state index in [0.717, 1.165) is 12.8 Å². The van der Waals surface area contributed by atoms with Gasteiger partial charge in [-0.25, -0.2) is 31.6 Å². The van der Waals surface area contributed by atoms with Gasteiger partial charge in [0.1, 0.15) is 17.0 Å². The van der Waals surface area contributed by atoms with Crippen molar-refractivity contribution in [3.8, 4) is 0 Å². The fourth-order valence-corrected chi connectivity index (χ4v) is 6.25. The second-order valence-electron chi connectivity index (χ2n) is 8.78. The summed E-state index contributed by atoms with van der Waals surface area (Å²) < 4.78 is 67.8. The van der Waals surface area contributed by atoms with E-state index in [4.69, 9.17) is 0 Å². The van der Waals surface area contributed by atoms with Crippen LogP contribution in [0.4, 0.5) is 30.8 Å². The molecule has 2 aromatic heterocycles. The largest absolute Gasteiger partial charge is 0.393 e. The number of halogens is 3. The molecule has 35 heavy (non-hydrogen) atoms. The molecule has 1 aliphatic carbocycles. The number of hydrogen-bond donors (Lipinski definition) is 3. The summed E-state index contributed by atoms with van der Waals surface area (Å²) in [5.74, 6) is -3.28. The summed E-state index contributed by atoms with van der Waals surface area (Å²) in [7, 11) is -3.30. The standard InChI is InChI=1S/C21H23F3N6O3S.CH4/c22-11-7-15(23)18(16(24)8-11)28-21-27-17-9-25-20(26-12-1-3-14(31)4-2-12)29-19(17)30(21)13-5-6-34(32,33)10-13;/h7-9,12-14,31H,1-6,10H2,(H,27,28)(H,25,26,29);1H4/t12?,13-,14?;/m1./s1. The number of anilines is 3. The highest BCUT2D eigenvalue weighted by Gasteiger charge is 2.33. The number of nitrogens with zero attached hydrogens (tertiary/aromatic N) is 4. The predicted molar refractivity (Wildman–Crippen MR) is 126 cm³/mol. The molecule has 2 aliphatic rings. The van der Waals surface area contributed by atoms with Crippen molar-refractivity contribution < 1.29 is 26.7 Å². The smallest absolute Gasteiger partial charge is 0.224 e. The molecule has 0 unspecified atom stereocenters. The Labute approximate surface area is 200 Å². The second kappa shape index (κ2) is 9.61. The van der Waals surface area contributed by atoms with Crippen LogP contribution in [0.3, 0.4) is 0 Å². The van der Waals surface area contributed by atoms with Crippen molar-refractivity contribution in [1.29, 1.82) is 0 Å². The van der Waals surface area contributed by atoms with Gasteiger partial charge in [0.05, 0.1) is 29.8 Å². The summed E-state index contributed by atoms with van der Waals surface area (Å²) in [6.45, 7) is 0. The Bertz CT molecular complexity index is 1320. The van der Waals surface area contributed by atoms with Crippen LogP contribution in [-0.4, -0.2) is 56.7 Å². The number of aliphatic hydroxyl groups excluding tert-OH is 1. The highest BCUT2D eigenvalue weighted by Crippen LogP contribution is 2.34. The van der Waals surface area contributed by atoms with E-state index < -0.39 is 39.0 Å². The number of aromatic nitrogens is 4. The Balaban J connectivity index is 0.00000289. The van der Waals surface area contributed by atoms with Gasteiger partial charge in [-0.2, -0.15) is 4.98 Å². The molecule has 13 heteroatoms. The molecule has 190 valence electrons. The molecule has 3 N–H and O–H groups in total. The van der Waals surface area contributed by atoms with E-state index in [9.17, 15) is 26.7 Å². The van der Waals surface area contributed by atoms with E-state index in [1.165, 1.54) is 10.8 Å². The zero-order valence-corrected chi connectivity index (χ0v) is 18.8. The maximum atomic E-state index is 14.3. The first-order chi connectivity index (χ1) is 16.2. The fourth-order valence-electron chi connectivity index (χ4n) is 4.55. The molecule has 9 nitrogen and oxygen atoms in total. The average molecular weight is 513 g/mol. The van der Waals surface area contributed by atoms with E-state index in [1.807, 2.05) is 0 Å². The lowest BCUT2D eigenvalue weighted by Gasteiger charge is -2.26. The first-order valence-electron chi connectivity index (χ1n) is 11.0. The molecule has 1 atom stereocenters. The normalized spacial score (nSPS) is 23.7. The van der Waals surface area contributed by atoms with Crippen molar-refractivity contribution in [3.05, 3.63) is 35.8 Å². The Kier molecular flexibility index (Phi) is 6.91. The van der Waals surface area contributed by atoms with Gasteiger partial charge in [0, 0.05) is 18.2 Å². The number of benzene rings is 1. The first kappa shape index (κ1) is 25.2. The highest BCUT2D eigenvalue weighted by atomic mass is 32.2. The lowest BCUT2D eigenvalue weighted by Crippen LogP contribution is -2.29. The van der Waals surface area contributed by atoms with Gasteiger partial charge in [0.2, 0.25) is 11.9 Å². The number of aliphatic hydroxyl groups is 1. The molecule has 1 saturated heterocycles. The maximum Gasteiger partial charge on any atom is 0.224 e. The molecule has 0 amide bonds. The molecule has 0 spiro atoms. The molecule has 1 aliphatic heterocycles. The van der Waals surface area contributed by atoms with Crippen LogP contribution >= 0.6 is 0 Å². The van der Waals surface area contributed by atoms with E-state index in [1.54, 1.807) is 0 Å². The number of fused-ring (bicyclic) bond motifs is 1. The Morgan fingerprint density at radius 2 is 1.71 bits per heavy atom. The van der Waals surface area contributed by atoms with Crippen molar-refractivity contribution >= 4 is 38.6 Å². The predicted octanol–water partition coefficient (Wildman–Crippen LogP) is 3.70. The number of sulfone groups is 1. The van der Waals surface area contributed by atoms with Gasteiger partial charge in [-0.05, 0) is 32.1 Å². The van der Waals surface area contributed by atoms with Crippen LogP contribution in [0.1, 0.15) is 45.6 Å². The molecule has 0 bridgehead atoms. The summed E-state index contributed by atoms with van der Waals surface area (Å²) in [6, 6.07) is 0.601. The summed E-state index contributed by atoms with van der Waals surface area (Å²) in [5.41, 5.74) is 0.00564. The molecular weight excluding hydrogens is 485 g/mol. The van der Waals surface area contributed by atoms with Crippen LogP contribution in [0.15, 0.2) is 18.3 Å². The van der Waals surface area contributed by atoms with Crippen LogP contribution in [-0.2, 0) is 9.84 Å². The minimum absolute atomic E-state index is 0. The van der Waals surface area contributed by atoms with Gasteiger partial charge < -0.3 is 15.7 Å². The topological polar surface area (TPSA) is 122 Å².